The molecule has 0 aliphatic rings. The molecule has 1 atom stereocenters. The van der Waals surface area contributed by atoms with Crippen LogP contribution in [0.3, 0.4) is 0 Å². The van der Waals surface area contributed by atoms with Gasteiger partial charge in [0.2, 0.25) is 0 Å². The Kier molecular flexibility index (Phi) is 6.69. The van der Waals surface area contributed by atoms with Crippen LogP contribution in [0.5, 0.6) is 0 Å². The highest BCUT2D eigenvalue weighted by Crippen LogP contribution is 2.12. The van der Waals surface area contributed by atoms with Crippen LogP contribution in [0.2, 0.25) is 0 Å². The Morgan fingerprint density at radius 2 is 1.94 bits per heavy atom. The van der Waals surface area contributed by atoms with E-state index in [4.69, 9.17) is 0 Å². The van der Waals surface area contributed by atoms with Gasteiger partial charge in [0.05, 0.1) is 0 Å². The van der Waals surface area contributed by atoms with E-state index >= 15 is 0 Å². The van der Waals surface area contributed by atoms with Gasteiger partial charge in [-0.3, -0.25) is 0 Å². The molecule has 102 valence electrons. The Morgan fingerprint density at radius 3 is 2.61 bits per heavy atom. The van der Waals surface area contributed by atoms with Crippen LogP contribution in [0.25, 0.3) is 0 Å². The number of hydrogen-bond acceptors (Lipinski definition) is 3. The van der Waals surface area contributed by atoms with Crippen molar-refractivity contribution in [3.05, 3.63) is 18.1 Å². The van der Waals surface area contributed by atoms with Crippen molar-refractivity contribution >= 4 is 5.82 Å². The summed E-state index contributed by atoms with van der Waals surface area (Å²) in [7, 11) is 0. The van der Waals surface area contributed by atoms with Crippen molar-refractivity contribution in [1.82, 2.24) is 9.97 Å². The average molecular weight is 249 g/mol. The van der Waals surface area contributed by atoms with Gasteiger partial charge in [-0.15, -0.1) is 0 Å². The second kappa shape index (κ2) is 8.06. The molecule has 0 aromatic carbocycles. The van der Waals surface area contributed by atoms with Gasteiger partial charge in [0.15, 0.2) is 0 Å². The molecule has 1 aromatic heterocycles. The van der Waals surface area contributed by atoms with Gasteiger partial charge >= 0.3 is 0 Å². The van der Waals surface area contributed by atoms with Gasteiger partial charge in [0.1, 0.15) is 12.1 Å². The Balaban J connectivity index is 2.38. The molecule has 0 radical (unpaired) electrons. The maximum absolute atomic E-state index is 4.28. The van der Waals surface area contributed by atoms with Gasteiger partial charge in [-0.05, 0) is 25.7 Å². The summed E-state index contributed by atoms with van der Waals surface area (Å²) < 4.78 is 0. The Hall–Kier alpha value is -1.12. The lowest BCUT2D eigenvalue weighted by molar-refractivity contribution is 0.520. The van der Waals surface area contributed by atoms with Gasteiger partial charge in [-0.1, -0.05) is 40.0 Å². The van der Waals surface area contributed by atoms with E-state index in [-0.39, 0.29) is 0 Å². The van der Waals surface area contributed by atoms with E-state index in [0.29, 0.717) is 6.04 Å². The minimum Gasteiger partial charge on any atom is -0.368 e. The molecule has 0 saturated heterocycles. The number of aryl methyl sites for hydroxylation is 1. The van der Waals surface area contributed by atoms with E-state index in [1.54, 1.807) is 6.33 Å². The third kappa shape index (κ3) is 5.99. The summed E-state index contributed by atoms with van der Waals surface area (Å²) in [6.07, 6.45) is 7.59. The molecule has 0 bridgehead atoms. The maximum Gasteiger partial charge on any atom is 0.129 e. The summed E-state index contributed by atoms with van der Waals surface area (Å²) in [4.78, 5) is 8.55. The number of hydrogen-bond donors (Lipinski definition) is 1. The monoisotopic (exact) mass is 249 g/mol. The molecular formula is C15H27N3. The smallest absolute Gasteiger partial charge is 0.129 e. The largest absolute Gasteiger partial charge is 0.368 e. The molecule has 0 amide bonds. The van der Waals surface area contributed by atoms with Crippen LogP contribution in [0, 0.1) is 5.92 Å². The van der Waals surface area contributed by atoms with E-state index in [1.165, 1.54) is 19.3 Å². The number of aromatic nitrogens is 2. The standard InChI is InChI=1S/C15H27N3/c1-5-7-14-10-15(17-11-16-14)18-13(4)9-6-8-12(2)3/h10-13H,5-9H2,1-4H3,(H,16,17,18). The van der Waals surface area contributed by atoms with E-state index in [0.717, 1.165) is 30.3 Å². The van der Waals surface area contributed by atoms with E-state index in [9.17, 15) is 0 Å². The molecule has 3 nitrogen and oxygen atoms in total. The van der Waals surface area contributed by atoms with Gasteiger partial charge in [-0.2, -0.15) is 0 Å². The van der Waals surface area contributed by atoms with Gasteiger partial charge in [0.25, 0.3) is 0 Å². The third-order valence-electron chi connectivity index (χ3n) is 3.04. The zero-order valence-electron chi connectivity index (χ0n) is 12.2. The summed E-state index contributed by atoms with van der Waals surface area (Å²) in [5.74, 6) is 1.76. The van der Waals surface area contributed by atoms with E-state index < -0.39 is 0 Å². The van der Waals surface area contributed by atoms with Gasteiger partial charge < -0.3 is 5.32 Å². The highest BCUT2D eigenvalue weighted by molar-refractivity contribution is 5.35. The van der Waals surface area contributed by atoms with Gasteiger partial charge in [-0.25, -0.2) is 9.97 Å². The third-order valence-corrected chi connectivity index (χ3v) is 3.04. The molecule has 0 aliphatic carbocycles. The molecule has 3 heteroatoms. The van der Waals surface area contributed by atoms with Crippen LogP contribution < -0.4 is 5.32 Å². The summed E-state index contributed by atoms with van der Waals surface area (Å²) in [5.41, 5.74) is 1.13. The second-order valence-electron chi connectivity index (χ2n) is 5.51. The fourth-order valence-electron chi connectivity index (χ4n) is 2.03. The summed E-state index contributed by atoms with van der Waals surface area (Å²) in [6, 6.07) is 2.55. The minimum absolute atomic E-state index is 0.480. The first-order chi connectivity index (χ1) is 8.61. The van der Waals surface area contributed by atoms with Gasteiger partial charge in [0, 0.05) is 17.8 Å². The number of nitrogens with zero attached hydrogens (tertiary/aromatic N) is 2. The summed E-state index contributed by atoms with van der Waals surface area (Å²) in [6.45, 7) is 8.95. The summed E-state index contributed by atoms with van der Waals surface area (Å²) >= 11 is 0. The quantitative estimate of drug-likeness (QED) is 0.755. The second-order valence-corrected chi connectivity index (χ2v) is 5.51. The molecule has 0 spiro atoms. The fraction of sp³-hybridized carbons (Fsp3) is 0.733. The molecule has 0 aliphatic heterocycles. The lowest BCUT2D eigenvalue weighted by Crippen LogP contribution is -2.16. The Bertz CT molecular complexity index is 336. The van der Waals surface area contributed by atoms with Crippen LogP contribution >= 0.6 is 0 Å². The van der Waals surface area contributed by atoms with Crippen molar-refractivity contribution in [2.45, 2.75) is 65.8 Å². The average Bonchev–Trinajstić information content (AvgIpc) is 2.29. The molecule has 1 heterocycles. The predicted molar refractivity (Wildman–Crippen MR) is 77.8 cm³/mol. The molecule has 1 unspecified atom stereocenters. The van der Waals surface area contributed by atoms with Crippen molar-refractivity contribution in [3.8, 4) is 0 Å². The SMILES string of the molecule is CCCc1cc(NC(C)CCCC(C)C)ncn1. The van der Waals surface area contributed by atoms with Crippen molar-refractivity contribution < 1.29 is 0 Å². The first-order valence-corrected chi connectivity index (χ1v) is 7.19. The van der Waals surface area contributed by atoms with Crippen LogP contribution in [0.15, 0.2) is 12.4 Å². The molecule has 0 fully saturated rings. The normalized spacial score (nSPS) is 12.7. The molecule has 1 N–H and O–H groups in total. The minimum atomic E-state index is 0.480. The number of nitrogens with one attached hydrogen (secondary N) is 1. The van der Waals surface area contributed by atoms with E-state index in [1.807, 2.05) is 0 Å². The van der Waals surface area contributed by atoms with Crippen LogP contribution in [0.1, 0.15) is 59.1 Å². The molecule has 1 rings (SSSR count). The van der Waals surface area contributed by atoms with Crippen LogP contribution in [-0.4, -0.2) is 16.0 Å². The van der Waals surface area contributed by atoms with E-state index in [2.05, 4.69) is 49.0 Å². The first kappa shape index (κ1) is 14.9. The van der Waals surface area contributed by atoms with Crippen molar-refractivity contribution in [2.75, 3.05) is 5.32 Å². The fourth-order valence-corrected chi connectivity index (χ4v) is 2.03. The Morgan fingerprint density at radius 1 is 1.17 bits per heavy atom. The predicted octanol–water partition coefficient (Wildman–Crippen LogP) is 4.06. The van der Waals surface area contributed by atoms with Crippen molar-refractivity contribution in [3.63, 3.8) is 0 Å². The number of rotatable bonds is 8. The lowest BCUT2D eigenvalue weighted by atomic mass is 10.0. The van der Waals surface area contributed by atoms with Crippen LogP contribution in [-0.2, 0) is 6.42 Å². The highest BCUT2D eigenvalue weighted by atomic mass is 15.0. The highest BCUT2D eigenvalue weighted by Gasteiger charge is 2.05. The number of anilines is 1. The topological polar surface area (TPSA) is 37.8 Å². The van der Waals surface area contributed by atoms with Crippen molar-refractivity contribution in [2.24, 2.45) is 5.92 Å². The molecule has 18 heavy (non-hydrogen) atoms. The zero-order valence-corrected chi connectivity index (χ0v) is 12.2. The Labute approximate surface area is 111 Å². The molecule has 1 aromatic rings. The lowest BCUT2D eigenvalue weighted by Gasteiger charge is -2.15. The maximum atomic E-state index is 4.28. The first-order valence-electron chi connectivity index (χ1n) is 7.19. The summed E-state index contributed by atoms with van der Waals surface area (Å²) in [5, 5.41) is 3.46. The van der Waals surface area contributed by atoms with Crippen LogP contribution in [0.4, 0.5) is 5.82 Å². The van der Waals surface area contributed by atoms with Crippen molar-refractivity contribution in [1.29, 1.82) is 0 Å². The zero-order chi connectivity index (χ0) is 13.4. The molecule has 0 saturated carbocycles. The molecular weight excluding hydrogens is 222 g/mol.